The number of terminal acetylenes is 1. The minimum absolute atomic E-state index is 0.112. The number of benzene rings is 1. The second-order valence-corrected chi connectivity index (χ2v) is 3.37. The molecule has 0 heterocycles. The Morgan fingerprint density at radius 2 is 2.06 bits per heavy atom. The van der Waals surface area contributed by atoms with Crippen molar-refractivity contribution in [2.45, 2.75) is 6.54 Å². The van der Waals surface area contributed by atoms with E-state index in [0.29, 0.717) is 12.1 Å². The van der Waals surface area contributed by atoms with Gasteiger partial charge in [-0.05, 0) is 29.8 Å². The number of amides is 1. The van der Waals surface area contributed by atoms with Gasteiger partial charge in [-0.25, -0.2) is 0 Å². The van der Waals surface area contributed by atoms with Gasteiger partial charge in [-0.3, -0.25) is 4.79 Å². The molecule has 0 saturated carbocycles. The Balaban J connectivity index is 0.000000873. The van der Waals surface area contributed by atoms with Crippen LogP contribution in [0.25, 0.3) is 0 Å². The van der Waals surface area contributed by atoms with Crippen molar-refractivity contribution in [3.8, 4) is 18.5 Å². The predicted octanol–water partition coefficient (Wildman–Crippen LogP) is 1.24. The highest BCUT2D eigenvalue weighted by Crippen LogP contribution is 2.06. The van der Waals surface area contributed by atoms with Gasteiger partial charge in [0, 0.05) is 13.6 Å². The minimum atomic E-state index is -0.112. The number of carbonyl (C=O) groups is 1. The molecule has 0 bridgehead atoms. The zero-order chi connectivity index (χ0) is 14.0. The van der Waals surface area contributed by atoms with Crippen molar-refractivity contribution in [3.05, 3.63) is 48.0 Å². The number of nitriles is 1. The number of hydrogen-bond acceptors (Lipinski definition) is 3. The molecule has 0 unspecified atom stereocenters. The van der Waals surface area contributed by atoms with E-state index in [-0.39, 0.29) is 5.91 Å². The van der Waals surface area contributed by atoms with Crippen molar-refractivity contribution < 1.29 is 4.79 Å². The standard InChI is InChI=1S/C12H12N2O.C2H3N/c1-3-12(15)14(2)9-11-6-4-10(8-13)5-7-11;1-2-3/h3-7H,1,9H2,2H3;1H,3H2. The molecule has 1 aromatic carbocycles. The fourth-order valence-electron chi connectivity index (χ4n) is 1.19. The third-order valence-corrected chi connectivity index (χ3v) is 2.05. The Morgan fingerprint density at radius 1 is 1.56 bits per heavy atom. The molecule has 1 aromatic rings. The summed E-state index contributed by atoms with van der Waals surface area (Å²) in [7, 11) is 1.71. The first-order valence-corrected chi connectivity index (χ1v) is 5.11. The first-order valence-electron chi connectivity index (χ1n) is 5.11. The first kappa shape index (κ1) is 15.3. The van der Waals surface area contributed by atoms with E-state index in [9.17, 15) is 4.79 Å². The third kappa shape index (κ3) is 5.39. The molecule has 0 spiro atoms. The third-order valence-electron chi connectivity index (χ3n) is 2.05. The number of likely N-dealkylation sites (N-methyl/N-ethyl adjacent to an activating group) is 1. The van der Waals surface area contributed by atoms with Crippen molar-refractivity contribution in [1.82, 2.24) is 4.90 Å². The molecule has 2 N–H and O–H groups in total. The van der Waals surface area contributed by atoms with E-state index >= 15 is 0 Å². The molecule has 18 heavy (non-hydrogen) atoms. The van der Waals surface area contributed by atoms with Gasteiger partial charge in [0.15, 0.2) is 0 Å². The smallest absolute Gasteiger partial charge is 0.245 e. The van der Waals surface area contributed by atoms with Crippen molar-refractivity contribution in [2.75, 3.05) is 7.05 Å². The quantitative estimate of drug-likeness (QED) is 0.491. The van der Waals surface area contributed by atoms with Gasteiger partial charge < -0.3 is 10.6 Å². The van der Waals surface area contributed by atoms with E-state index in [0.717, 1.165) is 5.56 Å². The van der Waals surface area contributed by atoms with E-state index in [4.69, 9.17) is 5.26 Å². The maximum Gasteiger partial charge on any atom is 0.245 e. The molecule has 4 heteroatoms. The van der Waals surface area contributed by atoms with E-state index < -0.39 is 0 Å². The molecule has 92 valence electrons. The van der Waals surface area contributed by atoms with Crippen LogP contribution in [0.3, 0.4) is 0 Å². The minimum Gasteiger partial charge on any atom is -0.360 e. The second kappa shape index (κ2) is 8.43. The number of hydrogen-bond donors (Lipinski definition) is 1. The van der Waals surface area contributed by atoms with Gasteiger partial charge in [-0.15, -0.1) is 0 Å². The molecule has 1 amide bonds. The van der Waals surface area contributed by atoms with Gasteiger partial charge in [-0.1, -0.05) is 25.1 Å². The zero-order valence-electron chi connectivity index (χ0n) is 10.3. The van der Waals surface area contributed by atoms with Crippen LogP contribution >= 0.6 is 0 Å². The lowest BCUT2D eigenvalue weighted by Crippen LogP contribution is -2.23. The van der Waals surface area contributed by atoms with Gasteiger partial charge in [0.05, 0.1) is 11.6 Å². The summed E-state index contributed by atoms with van der Waals surface area (Å²) < 4.78 is 0. The van der Waals surface area contributed by atoms with Crippen LogP contribution in [0.15, 0.2) is 36.9 Å². The molecule has 0 fully saturated rings. The Hall–Kier alpha value is -2.72. The van der Waals surface area contributed by atoms with Crippen molar-refractivity contribution in [2.24, 2.45) is 5.73 Å². The van der Waals surface area contributed by atoms with Crippen molar-refractivity contribution in [1.29, 1.82) is 5.26 Å². The van der Waals surface area contributed by atoms with Gasteiger partial charge in [-0.2, -0.15) is 5.26 Å². The lowest BCUT2D eigenvalue weighted by Gasteiger charge is -2.14. The Bertz CT molecular complexity index is 477. The van der Waals surface area contributed by atoms with Crippen LogP contribution in [-0.2, 0) is 11.3 Å². The summed E-state index contributed by atoms with van der Waals surface area (Å²) in [5.74, 6) is -0.112. The van der Waals surface area contributed by atoms with Gasteiger partial charge >= 0.3 is 0 Å². The average molecular weight is 241 g/mol. The fraction of sp³-hybridized carbons (Fsp3) is 0.143. The van der Waals surface area contributed by atoms with Crippen LogP contribution in [0.2, 0.25) is 0 Å². The van der Waals surface area contributed by atoms with Crippen LogP contribution in [0.5, 0.6) is 0 Å². The van der Waals surface area contributed by atoms with Gasteiger partial charge in [0.1, 0.15) is 0 Å². The van der Waals surface area contributed by atoms with Gasteiger partial charge in [0.2, 0.25) is 5.91 Å². The number of carbonyl (C=O) groups excluding carboxylic acids is 1. The highest BCUT2D eigenvalue weighted by molar-refractivity contribution is 5.86. The molecule has 0 atom stereocenters. The van der Waals surface area contributed by atoms with Crippen molar-refractivity contribution >= 4 is 5.91 Å². The zero-order valence-corrected chi connectivity index (χ0v) is 10.3. The van der Waals surface area contributed by atoms with Crippen LogP contribution < -0.4 is 5.73 Å². The summed E-state index contributed by atoms with van der Waals surface area (Å²) in [6.45, 7) is 3.94. The van der Waals surface area contributed by atoms with Crippen LogP contribution in [0, 0.1) is 23.8 Å². The molecule has 4 nitrogen and oxygen atoms in total. The van der Waals surface area contributed by atoms with Crippen LogP contribution in [0.1, 0.15) is 11.1 Å². The maximum atomic E-state index is 11.2. The highest BCUT2D eigenvalue weighted by atomic mass is 16.2. The normalized spacial score (nSPS) is 7.94. The molecule has 0 aromatic heterocycles. The lowest BCUT2D eigenvalue weighted by atomic mass is 10.1. The van der Waals surface area contributed by atoms with Crippen molar-refractivity contribution in [3.63, 3.8) is 0 Å². The molecule has 0 radical (unpaired) electrons. The predicted molar refractivity (Wildman–Crippen MR) is 70.8 cm³/mol. The van der Waals surface area contributed by atoms with E-state index in [1.807, 2.05) is 18.2 Å². The van der Waals surface area contributed by atoms with E-state index in [2.05, 4.69) is 18.7 Å². The summed E-state index contributed by atoms with van der Waals surface area (Å²) in [6, 6.07) is 10.9. The topological polar surface area (TPSA) is 70.1 Å². The molecule has 0 aliphatic carbocycles. The van der Waals surface area contributed by atoms with Crippen LogP contribution in [0.4, 0.5) is 0 Å². The largest absolute Gasteiger partial charge is 0.360 e. The lowest BCUT2D eigenvalue weighted by molar-refractivity contribution is -0.125. The summed E-state index contributed by atoms with van der Waals surface area (Å²) in [6.07, 6.45) is 5.66. The molecule has 0 saturated heterocycles. The Morgan fingerprint density at radius 3 is 2.44 bits per heavy atom. The molecule has 0 aliphatic heterocycles. The summed E-state index contributed by atoms with van der Waals surface area (Å²) in [5, 5.41) is 8.61. The fourth-order valence-corrected chi connectivity index (χ4v) is 1.19. The Labute approximate surface area is 107 Å². The maximum absolute atomic E-state index is 11.2. The molecule has 0 aliphatic rings. The second-order valence-electron chi connectivity index (χ2n) is 3.37. The molecule has 1 rings (SSSR count). The number of nitrogens with two attached hydrogens (primary N) is 1. The monoisotopic (exact) mass is 241 g/mol. The Kier molecular flexibility index (Phi) is 7.16. The summed E-state index contributed by atoms with van der Waals surface area (Å²) in [4.78, 5) is 12.8. The van der Waals surface area contributed by atoms with Crippen LogP contribution in [-0.4, -0.2) is 17.9 Å². The average Bonchev–Trinajstić information content (AvgIpc) is 2.39. The van der Waals surface area contributed by atoms with Gasteiger partial charge in [0.25, 0.3) is 0 Å². The summed E-state index contributed by atoms with van der Waals surface area (Å²) >= 11 is 0. The number of rotatable bonds is 3. The first-order chi connectivity index (χ1) is 8.58. The van der Waals surface area contributed by atoms with E-state index in [1.54, 1.807) is 30.1 Å². The summed E-state index contributed by atoms with van der Waals surface area (Å²) in [5.41, 5.74) is 5.99. The molecular weight excluding hydrogens is 226 g/mol. The van der Waals surface area contributed by atoms with E-state index in [1.165, 1.54) is 6.08 Å². The highest BCUT2D eigenvalue weighted by Gasteiger charge is 2.04. The number of nitrogens with zero attached hydrogens (tertiary/aromatic N) is 2. The SMILES string of the molecule is C#CN.C=CC(=O)N(C)Cc1ccc(C#N)cc1. The molecular formula is C14H15N3O.